The molecule has 1 heterocycles. The summed E-state index contributed by atoms with van der Waals surface area (Å²) in [4.78, 5) is 17.0. The van der Waals surface area contributed by atoms with Crippen molar-refractivity contribution < 1.29 is 19.5 Å². The van der Waals surface area contributed by atoms with Gasteiger partial charge in [0.1, 0.15) is 0 Å². The van der Waals surface area contributed by atoms with Crippen molar-refractivity contribution in [2.75, 3.05) is 6.61 Å². The van der Waals surface area contributed by atoms with Gasteiger partial charge >= 0.3 is 5.97 Å². The third-order valence-corrected chi connectivity index (χ3v) is 4.27. The summed E-state index contributed by atoms with van der Waals surface area (Å²) < 4.78 is 5.48. The number of ether oxygens (including phenoxy) is 1. The molecular weight excluding hydrogens is 294 g/mol. The van der Waals surface area contributed by atoms with Crippen LogP contribution in [-0.2, 0) is 20.8 Å². The van der Waals surface area contributed by atoms with Crippen molar-refractivity contribution >= 4 is 5.97 Å². The Hall–Kier alpha value is -1.43. The number of carbonyl (C=O) groups is 1. The van der Waals surface area contributed by atoms with Gasteiger partial charge in [-0.3, -0.25) is 9.63 Å². The molecule has 2 N–H and O–H groups in total. The van der Waals surface area contributed by atoms with Crippen LogP contribution in [-0.4, -0.2) is 30.0 Å². The van der Waals surface area contributed by atoms with Gasteiger partial charge in [-0.15, -0.1) is 0 Å². The number of benzene rings is 1. The quantitative estimate of drug-likeness (QED) is 0.684. The minimum absolute atomic E-state index is 0.256. The maximum Gasteiger partial charge on any atom is 0.308 e. The summed E-state index contributed by atoms with van der Waals surface area (Å²) in [6, 6.07) is 9.88. The number of hydrogen-bond acceptors (Lipinski definition) is 4. The van der Waals surface area contributed by atoms with Gasteiger partial charge in [0, 0.05) is 19.1 Å². The predicted octanol–water partition coefficient (Wildman–Crippen LogP) is 3.15. The molecule has 0 spiro atoms. The summed E-state index contributed by atoms with van der Waals surface area (Å²) in [7, 11) is 0. The first-order valence-corrected chi connectivity index (χ1v) is 8.46. The molecule has 128 valence electrons. The standard InChI is InChI=1S/C18H27NO4/c1-14(19-23-17-12-5-6-13-22-17)16(18(20)21)11-7-10-15-8-3-2-4-9-15/h2-4,8-9,14,16-17,19H,5-7,10-13H2,1H3,(H,20,21)/t14-,16+,17?/m0/s1. The number of aryl methyl sites for hydroxylation is 1. The summed E-state index contributed by atoms with van der Waals surface area (Å²) in [5, 5.41) is 9.45. The molecule has 1 unspecified atom stereocenters. The fourth-order valence-corrected chi connectivity index (χ4v) is 2.83. The Morgan fingerprint density at radius 3 is 2.83 bits per heavy atom. The zero-order chi connectivity index (χ0) is 16.5. The lowest BCUT2D eigenvalue weighted by Gasteiger charge is -2.26. The minimum atomic E-state index is -0.786. The number of hydrogen-bond donors (Lipinski definition) is 2. The van der Waals surface area contributed by atoms with Crippen molar-refractivity contribution in [2.24, 2.45) is 5.92 Å². The van der Waals surface area contributed by atoms with Crippen LogP contribution in [0.15, 0.2) is 30.3 Å². The number of rotatable bonds is 9. The second-order valence-electron chi connectivity index (χ2n) is 6.14. The van der Waals surface area contributed by atoms with Crippen LogP contribution < -0.4 is 5.48 Å². The molecule has 0 aliphatic carbocycles. The van der Waals surface area contributed by atoms with Gasteiger partial charge in [0.2, 0.25) is 0 Å². The van der Waals surface area contributed by atoms with E-state index in [0.717, 1.165) is 32.1 Å². The zero-order valence-corrected chi connectivity index (χ0v) is 13.7. The maximum absolute atomic E-state index is 11.5. The molecule has 1 saturated heterocycles. The Morgan fingerprint density at radius 2 is 2.17 bits per heavy atom. The lowest BCUT2D eigenvalue weighted by molar-refractivity contribution is -0.206. The zero-order valence-electron chi connectivity index (χ0n) is 13.7. The molecule has 5 nitrogen and oxygen atoms in total. The van der Waals surface area contributed by atoms with Gasteiger partial charge in [0.25, 0.3) is 0 Å². The Bertz CT molecular complexity index is 459. The van der Waals surface area contributed by atoms with Crippen LogP contribution in [0.4, 0.5) is 0 Å². The van der Waals surface area contributed by atoms with Crippen molar-refractivity contribution in [3.05, 3.63) is 35.9 Å². The van der Waals surface area contributed by atoms with E-state index in [9.17, 15) is 9.90 Å². The van der Waals surface area contributed by atoms with Crippen molar-refractivity contribution in [1.82, 2.24) is 5.48 Å². The second-order valence-corrected chi connectivity index (χ2v) is 6.14. The molecule has 0 radical (unpaired) electrons. The Morgan fingerprint density at radius 1 is 1.39 bits per heavy atom. The van der Waals surface area contributed by atoms with Crippen molar-refractivity contribution in [3.63, 3.8) is 0 Å². The van der Waals surface area contributed by atoms with Gasteiger partial charge in [-0.2, -0.15) is 5.48 Å². The summed E-state index contributed by atoms with van der Waals surface area (Å²) in [6.45, 7) is 2.56. The van der Waals surface area contributed by atoms with E-state index >= 15 is 0 Å². The first-order valence-electron chi connectivity index (χ1n) is 8.46. The number of carboxylic acid groups (broad SMARTS) is 1. The molecule has 2 rings (SSSR count). The molecule has 3 atom stereocenters. The second kappa shape index (κ2) is 9.65. The van der Waals surface area contributed by atoms with Crippen molar-refractivity contribution in [3.8, 4) is 0 Å². The average Bonchev–Trinajstić information content (AvgIpc) is 2.58. The van der Waals surface area contributed by atoms with Gasteiger partial charge < -0.3 is 9.84 Å². The molecule has 1 aliphatic rings. The molecule has 5 heteroatoms. The van der Waals surface area contributed by atoms with Gasteiger partial charge in [-0.25, -0.2) is 0 Å². The van der Waals surface area contributed by atoms with Gasteiger partial charge in [0.05, 0.1) is 5.92 Å². The van der Waals surface area contributed by atoms with E-state index in [1.54, 1.807) is 0 Å². The van der Waals surface area contributed by atoms with Crippen LogP contribution in [0.5, 0.6) is 0 Å². The van der Waals surface area contributed by atoms with Crippen LogP contribution >= 0.6 is 0 Å². The van der Waals surface area contributed by atoms with Crippen LogP contribution in [0.25, 0.3) is 0 Å². The Kier molecular flexibility index (Phi) is 7.52. The Labute approximate surface area is 137 Å². The molecule has 0 bridgehead atoms. The predicted molar refractivity (Wildman–Crippen MR) is 87.8 cm³/mol. The average molecular weight is 321 g/mol. The molecule has 0 amide bonds. The fraction of sp³-hybridized carbons (Fsp3) is 0.611. The van der Waals surface area contributed by atoms with E-state index < -0.39 is 11.9 Å². The van der Waals surface area contributed by atoms with E-state index in [0.29, 0.717) is 13.0 Å². The highest BCUT2D eigenvalue weighted by Gasteiger charge is 2.25. The fourth-order valence-electron chi connectivity index (χ4n) is 2.83. The Balaban J connectivity index is 1.74. The summed E-state index contributed by atoms with van der Waals surface area (Å²) in [6.07, 6.45) is 5.09. The monoisotopic (exact) mass is 321 g/mol. The van der Waals surface area contributed by atoms with Crippen LogP contribution in [0.2, 0.25) is 0 Å². The first-order chi connectivity index (χ1) is 11.2. The lowest BCUT2D eigenvalue weighted by atomic mass is 9.94. The molecule has 1 aliphatic heterocycles. The van der Waals surface area contributed by atoms with E-state index in [-0.39, 0.29) is 12.3 Å². The highest BCUT2D eigenvalue weighted by Crippen LogP contribution is 2.17. The van der Waals surface area contributed by atoms with E-state index in [2.05, 4.69) is 17.6 Å². The SMILES string of the molecule is C[C@H](NOC1CCCCO1)[C@@H](CCCc1ccccc1)C(=O)O. The van der Waals surface area contributed by atoms with E-state index in [1.807, 2.05) is 25.1 Å². The minimum Gasteiger partial charge on any atom is -0.481 e. The van der Waals surface area contributed by atoms with Crippen LogP contribution in [0.3, 0.4) is 0 Å². The van der Waals surface area contributed by atoms with Crippen molar-refractivity contribution in [1.29, 1.82) is 0 Å². The summed E-state index contributed by atoms with van der Waals surface area (Å²) >= 11 is 0. The summed E-state index contributed by atoms with van der Waals surface area (Å²) in [5.74, 6) is -1.26. The molecule has 0 aromatic heterocycles. The van der Waals surface area contributed by atoms with Crippen molar-refractivity contribution in [2.45, 2.75) is 57.8 Å². The third-order valence-electron chi connectivity index (χ3n) is 4.27. The van der Waals surface area contributed by atoms with Gasteiger partial charge in [-0.05, 0) is 44.6 Å². The summed E-state index contributed by atoms with van der Waals surface area (Å²) in [5.41, 5.74) is 4.12. The molecule has 0 saturated carbocycles. The molecular formula is C18H27NO4. The first kappa shape index (κ1) is 17.9. The molecule has 23 heavy (non-hydrogen) atoms. The number of aliphatic carboxylic acids is 1. The topological polar surface area (TPSA) is 67.8 Å². The smallest absolute Gasteiger partial charge is 0.308 e. The lowest BCUT2D eigenvalue weighted by Crippen LogP contribution is -2.41. The molecule has 1 aromatic carbocycles. The molecule has 1 fully saturated rings. The number of nitrogens with one attached hydrogen (secondary N) is 1. The van der Waals surface area contributed by atoms with E-state index in [1.165, 1.54) is 5.56 Å². The molecule has 1 aromatic rings. The number of hydroxylamine groups is 1. The van der Waals surface area contributed by atoms with Gasteiger partial charge in [0.15, 0.2) is 6.29 Å². The highest BCUT2D eigenvalue weighted by atomic mass is 16.8. The normalized spacial score (nSPS) is 20.8. The van der Waals surface area contributed by atoms with Crippen LogP contribution in [0.1, 0.15) is 44.6 Å². The highest BCUT2D eigenvalue weighted by molar-refractivity contribution is 5.70. The van der Waals surface area contributed by atoms with E-state index in [4.69, 9.17) is 9.57 Å². The third kappa shape index (κ3) is 6.29. The maximum atomic E-state index is 11.5. The van der Waals surface area contributed by atoms with Crippen LogP contribution in [0, 0.1) is 5.92 Å². The van der Waals surface area contributed by atoms with Gasteiger partial charge in [-0.1, -0.05) is 30.3 Å². The number of carboxylic acids is 1. The largest absolute Gasteiger partial charge is 0.481 e.